The van der Waals surface area contributed by atoms with Gasteiger partial charge < -0.3 is 9.32 Å². The Labute approximate surface area is 332 Å². The number of rotatable bonds is 6. The molecule has 0 N–H and O–H groups in total. The Balaban J connectivity index is 1.16. The fraction of sp³-hybridized carbons (Fsp3) is 0.0545. The van der Waals surface area contributed by atoms with Crippen molar-refractivity contribution in [3.05, 3.63) is 211 Å². The van der Waals surface area contributed by atoms with Crippen molar-refractivity contribution in [1.29, 1.82) is 0 Å². The number of fused-ring (bicyclic) bond motifs is 7. The van der Waals surface area contributed by atoms with E-state index in [0.29, 0.717) is 0 Å². The third-order valence-electron chi connectivity index (χ3n) is 12.0. The summed E-state index contributed by atoms with van der Waals surface area (Å²) in [5.74, 6) is 0. The second-order valence-corrected chi connectivity index (χ2v) is 15.7. The van der Waals surface area contributed by atoms with E-state index in [9.17, 15) is 0 Å². The number of anilines is 3. The van der Waals surface area contributed by atoms with E-state index in [4.69, 9.17) is 4.42 Å². The van der Waals surface area contributed by atoms with Gasteiger partial charge >= 0.3 is 0 Å². The van der Waals surface area contributed by atoms with E-state index in [1.807, 2.05) is 12.1 Å². The molecule has 2 nitrogen and oxygen atoms in total. The smallest absolute Gasteiger partial charge is 0.135 e. The Kier molecular flexibility index (Phi) is 7.55. The molecule has 0 radical (unpaired) electrons. The predicted molar refractivity (Wildman–Crippen MR) is 240 cm³/mol. The van der Waals surface area contributed by atoms with Crippen LogP contribution in [0.25, 0.3) is 77.2 Å². The van der Waals surface area contributed by atoms with E-state index >= 15 is 0 Å². The summed E-state index contributed by atoms with van der Waals surface area (Å²) in [6, 6.07) is 72.9. The fourth-order valence-electron chi connectivity index (χ4n) is 9.22. The molecule has 2 heteroatoms. The summed E-state index contributed by atoms with van der Waals surface area (Å²) < 4.78 is 6.22. The van der Waals surface area contributed by atoms with Gasteiger partial charge in [0.1, 0.15) is 11.2 Å². The minimum absolute atomic E-state index is 0.142. The van der Waals surface area contributed by atoms with Crippen molar-refractivity contribution < 1.29 is 4.42 Å². The van der Waals surface area contributed by atoms with Crippen LogP contribution in [0.4, 0.5) is 17.1 Å². The van der Waals surface area contributed by atoms with Crippen molar-refractivity contribution >= 4 is 49.8 Å². The molecule has 0 unspecified atom stereocenters. The molecule has 0 spiro atoms. The van der Waals surface area contributed by atoms with E-state index in [2.05, 4.69) is 207 Å². The lowest BCUT2D eigenvalue weighted by Gasteiger charge is -2.30. The third kappa shape index (κ3) is 5.40. The van der Waals surface area contributed by atoms with Gasteiger partial charge in [0.15, 0.2) is 0 Å². The van der Waals surface area contributed by atoms with Gasteiger partial charge in [0.25, 0.3) is 0 Å². The minimum atomic E-state index is -0.142. The van der Waals surface area contributed by atoms with Crippen LogP contribution in [-0.4, -0.2) is 0 Å². The molecule has 0 saturated heterocycles. The summed E-state index contributed by atoms with van der Waals surface area (Å²) in [5, 5.41) is 4.64. The maximum atomic E-state index is 6.22. The van der Waals surface area contributed by atoms with Crippen LogP contribution >= 0.6 is 0 Å². The predicted octanol–water partition coefficient (Wildman–Crippen LogP) is 15.5. The van der Waals surface area contributed by atoms with Gasteiger partial charge in [0.2, 0.25) is 0 Å². The normalized spacial score (nSPS) is 12.9. The summed E-state index contributed by atoms with van der Waals surface area (Å²) >= 11 is 0. The number of nitrogens with zero attached hydrogens (tertiary/aromatic N) is 1. The van der Waals surface area contributed by atoms with E-state index in [1.54, 1.807) is 0 Å². The molecule has 0 fully saturated rings. The molecule has 0 atom stereocenters. The van der Waals surface area contributed by atoms with Crippen LogP contribution in [0.15, 0.2) is 205 Å². The van der Waals surface area contributed by atoms with Crippen LogP contribution in [0.1, 0.15) is 25.0 Å². The van der Waals surface area contributed by atoms with E-state index < -0.39 is 0 Å². The molecule has 0 amide bonds. The number of hydrogen-bond acceptors (Lipinski definition) is 2. The zero-order valence-corrected chi connectivity index (χ0v) is 31.9. The zero-order valence-electron chi connectivity index (χ0n) is 31.9. The molecule has 9 aromatic carbocycles. The third-order valence-corrected chi connectivity index (χ3v) is 12.0. The SMILES string of the molecule is CC1(C)c2ccccc2-c2ccc(N(c3cc(-c4ccccc4)cc(-c4ccccc4)c3)c3ccc(-c4ccc5oc6ccccc6c5c4)c4ccccc34)cc21. The minimum Gasteiger partial charge on any atom is -0.456 e. The van der Waals surface area contributed by atoms with E-state index in [-0.39, 0.29) is 5.41 Å². The molecule has 1 aromatic heterocycles. The number of benzene rings is 9. The largest absolute Gasteiger partial charge is 0.456 e. The Morgan fingerprint density at radius 1 is 0.351 bits per heavy atom. The summed E-state index contributed by atoms with van der Waals surface area (Å²) in [5.41, 5.74) is 17.5. The lowest BCUT2D eigenvalue weighted by molar-refractivity contribution is 0.660. The van der Waals surface area contributed by atoms with Crippen LogP contribution < -0.4 is 4.90 Å². The summed E-state index contributed by atoms with van der Waals surface area (Å²) in [6.45, 7) is 4.72. The van der Waals surface area contributed by atoms with Crippen molar-refractivity contribution in [3.63, 3.8) is 0 Å². The lowest BCUT2D eigenvalue weighted by Crippen LogP contribution is -2.16. The van der Waals surface area contributed by atoms with Crippen molar-refractivity contribution in [1.82, 2.24) is 0 Å². The molecule has 1 heterocycles. The monoisotopic (exact) mass is 729 g/mol. The first-order valence-electron chi connectivity index (χ1n) is 19.8. The van der Waals surface area contributed by atoms with Crippen molar-refractivity contribution in [2.75, 3.05) is 4.90 Å². The van der Waals surface area contributed by atoms with Crippen molar-refractivity contribution in [2.45, 2.75) is 19.3 Å². The molecule has 1 aliphatic carbocycles. The van der Waals surface area contributed by atoms with Crippen LogP contribution in [0, 0.1) is 0 Å². The van der Waals surface area contributed by atoms with E-state index in [0.717, 1.165) is 44.6 Å². The van der Waals surface area contributed by atoms with Gasteiger partial charge in [-0.25, -0.2) is 0 Å². The fourth-order valence-corrected chi connectivity index (χ4v) is 9.22. The van der Waals surface area contributed by atoms with Gasteiger partial charge in [0, 0.05) is 32.9 Å². The standard InChI is InChI=1S/C55H39NO/c1-55(2)50-23-13-11-20-45(50)46-27-26-41(35-51(46)55)56(42-32-39(36-15-5-3-6-16-36)31-40(33-42)37-17-7-4-8-18-37)52-29-28-43(44-19-9-10-21-47(44)52)38-25-30-54-49(34-38)48-22-12-14-24-53(48)57-54/h3-35H,1-2H3. The molecule has 0 saturated carbocycles. The van der Waals surface area contributed by atoms with Gasteiger partial charge in [-0.3, -0.25) is 0 Å². The maximum absolute atomic E-state index is 6.22. The molecular weight excluding hydrogens is 691 g/mol. The summed E-state index contributed by atoms with van der Waals surface area (Å²) in [7, 11) is 0. The highest BCUT2D eigenvalue weighted by molar-refractivity contribution is 6.10. The first kappa shape index (κ1) is 33.2. The molecular formula is C55H39NO. The van der Waals surface area contributed by atoms with Crippen LogP contribution in [0.5, 0.6) is 0 Å². The molecule has 57 heavy (non-hydrogen) atoms. The average molecular weight is 730 g/mol. The Morgan fingerprint density at radius 3 is 1.70 bits per heavy atom. The Hall–Kier alpha value is -7.16. The van der Waals surface area contributed by atoms with Gasteiger partial charge in [-0.1, -0.05) is 159 Å². The van der Waals surface area contributed by atoms with Crippen LogP contribution in [0.3, 0.4) is 0 Å². The molecule has 11 rings (SSSR count). The van der Waals surface area contributed by atoms with E-state index in [1.165, 1.54) is 60.8 Å². The lowest BCUT2D eigenvalue weighted by atomic mass is 9.82. The molecule has 0 aliphatic heterocycles. The first-order chi connectivity index (χ1) is 28.0. The molecule has 1 aliphatic rings. The highest BCUT2D eigenvalue weighted by Gasteiger charge is 2.36. The highest BCUT2D eigenvalue weighted by atomic mass is 16.3. The van der Waals surface area contributed by atoms with Gasteiger partial charge in [-0.15, -0.1) is 0 Å². The Morgan fingerprint density at radius 2 is 0.947 bits per heavy atom. The first-order valence-corrected chi connectivity index (χ1v) is 19.8. The van der Waals surface area contributed by atoms with Crippen molar-refractivity contribution in [2.24, 2.45) is 0 Å². The molecule has 10 aromatic rings. The van der Waals surface area contributed by atoms with Crippen LogP contribution in [-0.2, 0) is 5.41 Å². The average Bonchev–Trinajstić information content (AvgIpc) is 3.75. The number of furan rings is 1. The topological polar surface area (TPSA) is 16.4 Å². The van der Waals surface area contributed by atoms with Crippen molar-refractivity contribution in [3.8, 4) is 44.5 Å². The number of para-hydroxylation sites is 1. The second-order valence-electron chi connectivity index (χ2n) is 15.7. The summed E-state index contributed by atoms with van der Waals surface area (Å²) in [4.78, 5) is 2.48. The quantitative estimate of drug-likeness (QED) is 0.169. The van der Waals surface area contributed by atoms with Crippen LogP contribution in [0.2, 0.25) is 0 Å². The Bertz CT molecular complexity index is 3100. The highest BCUT2D eigenvalue weighted by Crippen LogP contribution is 2.52. The van der Waals surface area contributed by atoms with Gasteiger partial charge in [-0.05, 0) is 116 Å². The van der Waals surface area contributed by atoms with Gasteiger partial charge in [-0.2, -0.15) is 0 Å². The van der Waals surface area contributed by atoms with Gasteiger partial charge in [0.05, 0.1) is 5.69 Å². The number of hydrogen-bond donors (Lipinski definition) is 0. The molecule has 270 valence electrons. The molecule has 0 bridgehead atoms. The maximum Gasteiger partial charge on any atom is 0.135 e. The summed E-state index contributed by atoms with van der Waals surface area (Å²) in [6.07, 6.45) is 0. The zero-order chi connectivity index (χ0) is 38.1. The second kappa shape index (κ2) is 13.0.